The predicted molar refractivity (Wildman–Crippen MR) is 33.8 cm³/mol. The molecule has 1 atom stereocenters. The Bertz CT molecular complexity index is 78.1. The molecule has 0 N–H and O–H groups in total. The Morgan fingerprint density at radius 2 is 2.38 bits per heavy atom. The fraction of sp³-hybridized carbons (Fsp3) is 1.00. The van der Waals surface area contributed by atoms with Crippen molar-refractivity contribution in [2.24, 2.45) is 0 Å². The zero-order valence-corrected chi connectivity index (χ0v) is 5.91. The van der Waals surface area contributed by atoms with Gasteiger partial charge in [0.25, 0.3) is 0 Å². The molecule has 0 aromatic carbocycles. The van der Waals surface area contributed by atoms with Gasteiger partial charge in [-0.1, -0.05) is 11.6 Å². The second-order valence-corrected chi connectivity index (χ2v) is 3.29. The standard InChI is InChI=1S/C4H7ClO2S/c5-4(8)2-1-3-6-7-4/h8H,1-3H2. The minimum atomic E-state index is -0.877. The third kappa shape index (κ3) is 1.82. The zero-order chi connectivity index (χ0) is 6.04. The average molecular weight is 155 g/mol. The molecule has 0 aromatic heterocycles. The SMILES string of the molecule is SC1(Cl)CCCOO1. The van der Waals surface area contributed by atoms with Crippen LogP contribution in [-0.4, -0.2) is 11.0 Å². The summed E-state index contributed by atoms with van der Waals surface area (Å²) in [5, 5.41) is 0. The molecule has 1 heterocycles. The van der Waals surface area contributed by atoms with Crippen LogP contribution in [0.3, 0.4) is 0 Å². The smallest absolute Gasteiger partial charge is 0.219 e. The van der Waals surface area contributed by atoms with Crippen LogP contribution in [0.1, 0.15) is 12.8 Å². The fourth-order valence-corrected chi connectivity index (χ4v) is 0.912. The number of hydrogen-bond donors (Lipinski definition) is 1. The summed E-state index contributed by atoms with van der Waals surface area (Å²) in [4.78, 5) is 9.17. The van der Waals surface area contributed by atoms with E-state index in [4.69, 9.17) is 11.6 Å². The maximum Gasteiger partial charge on any atom is 0.219 e. The number of rotatable bonds is 0. The molecule has 1 aliphatic rings. The van der Waals surface area contributed by atoms with Gasteiger partial charge in [-0.15, -0.1) is 12.6 Å². The molecule has 2 nitrogen and oxygen atoms in total. The molecule has 0 bridgehead atoms. The molecular weight excluding hydrogens is 148 g/mol. The summed E-state index contributed by atoms with van der Waals surface area (Å²) in [6, 6.07) is 0. The largest absolute Gasteiger partial charge is 0.234 e. The van der Waals surface area contributed by atoms with E-state index in [2.05, 4.69) is 22.4 Å². The van der Waals surface area contributed by atoms with Crippen molar-refractivity contribution >= 4 is 24.2 Å². The van der Waals surface area contributed by atoms with Crippen LogP contribution < -0.4 is 0 Å². The number of halogens is 1. The fourth-order valence-electron chi connectivity index (χ4n) is 0.523. The molecule has 8 heavy (non-hydrogen) atoms. The van der Waals surface area contributed by atoms with E-state index in [1.807, 2.05) is 0 Å². The van der Waals surface area contributed by atoms with Crippen molar-refractivity contribution in [3.05, 3.63) is 0 Å². The molecule has 1 rings (SSSR count). The van der Waals surface area contributed by atoms with Crippen LogP contribution in [0.4, 0.5) is 0 Å². The highest BCUT2D eigenvalue weighted by atomic mass is 35.5. The maximum absolute atomic E-state index is 5.59. The first-order chi connectivity index (χ1) is 3.71. The lowest BCUT2D eigenvalue weighted by atomic mass is 10.3. The molecule has 0 aliphatic carbocycles. The van der Waals surface area contributed by atoms with E-state index in [-0.39, 0.29) is 0 Å². The number of alkyl halides is 1. The summed E-state index contributed by atoms with van der Waals surface area (Å²) in [5.74, 6) is 0. The summed E-state index contributed by atoms with van der Waals surface area (Å²) in [7, 11) is 0. The van der Waals surface area contributed by atoms with Gasteiger partial charge in [-0.3, -0.25) is 0 Å². The summed E-state index contributed by atoms with van der Waals surface area (Å²) >= 11 is 9.53. The van der Waals surface area contributed by atoms with E-state index in [9.17, 15) is 0 Å². The average Bonchev–Trinajstić information content (AvgIpc) is 1.65. The molecule has 1 unspecified atom stereocenters. The Morgan fingerprint density at radius 1 is 1.62 bits per heavy atom. The minimum absolute atomic E-state index is 0.620. The lowest BCUT2D eigenvalue weighted by Crippen LogP contribution is -2.24. The zero-order valence-electron chi connectivity index (χ0n) is 4.26. The summed E-state index contributed by atoms with van der Waals surface area (Å²) in [6.45, 7) is 0.620. The van der Waals surface area contributed by atoms with Gasteiger partial charge in [-0.2, -0.15) is 0 Å². The van der Waals surface area contributed by atoms with Crippen molar-refractivity contribution in [2.45, 2.75) is 17.2 Å². The molecule has 48 valence electrons. The second kappa shape index (κ2) is 2.43. The molecule has 0 spiro atoms. The monoisotopic (exact) mass is 154 g/mol. The normalized spacial score (nSPS) is 39.8. The van der Waals surface area contributed by atoms with Crippen molar-refractivity contribution in [2.75, 3.05) is 6.61 Å². The molecule has 0 saturated carbocycles. The van der Waals surface area contributed by atoms with Gasteiger partial charge in [-0.05, 0) is 6.42 Å². The van der Waals surface area contributed by atoms with Crippen molar-refractivity contribution in [1.29, 1.82) is 0 Å². The molecule has 1 fully saturated rings. The van der Waals surface area contributed by atoms with Gasteiger partial charge in [0, 0.05) is 6.42 Å². The Morgan fingerprint density at radius 3 is 2.62 bits per heavy atom. The number of thiol groups is 1. The first-order valence-corrected chi connectivity index (χ1v) is 3.25. The Kier molecular flexibility index (Phi) is 2.03. The molecule has 0 radical (unpaired) electrons. The third-order valence-electron chi connectivity index (χ3n) is 0.899. The molecule has 0 amide bonds. The van der Waals surface area contributed by atoms with Gasteiger partial charge in [0.1, 0.15) is 0 Å². The van der Waals surface area contributed by atoms with Crippen LogP contribution in [-0.2, 0) is 9.78 Å². The van der Waals surface area contributed by atoms with Crippen molar-refractivity contribution < 1.29 is 9.78 Å². The minimum Gasteiger partial charge on any atom is -0.234 e. The molecule has 1 saturated heterocycles. The summed E-state index contributed by atoms with van der Waals surface area (Å²) in [5.41, 5.74) is 0. The predicted octanol–water partition coefficient (Wildman–Crippen LogP) is 1.55. The van der Waals surface area contributed by atoms with Gasteiger partial charge >= 0.3 is 0 Å². The third-order valence-corrected chi connectivity index (χ3v) is 1.45. The maximum atomic E-state index is 5.59. The summed E-state index contributed by atoms with van der Waals surface area (Å²) < 4.78 is -0.877. The topological polar surface area (TPSA) is 18.5 Å². The van der Waals surface area contributed by atoms with Gasteiger partial charge in [0.2, 0.25) is 4.39 Å². The van der Waals surface area contributed by atoms with Gasteiger partial charge in [-0.25, -0.2) is 9.78 Å². The van der Waals surface area contributed by atoms with E-state index in [1.54, 1.807) is 0 Å². The van der Waals surface area contributed by atoms with Crippen molar-refractivity contribution in [1.82, 2.24) is 0 Å². The second-order valence-electron chi connectivity index (χ2n) is 1.70. The van der Waals surface area contributed by atoms with Gasteiger partial charge in [0.15, 0.2) is 0 Å². The van der Waals surface area contributed by atoms with E-state index < -0.39 is 4.39 Å². The highest BCUT2D eigenvalue weighted by Crippen LogP contribution is 2.30. The Labute approximate surface area is 58.4 Å². The highest BCUT2D eigenvalue weighted by molar-refractivity contribution is 7.83. The Balaban J connectivity index is 2.33. The van der Waals surface area contributed by atoms with Gasteiger partial charge in [0.05, 0.1) is 6.61 Å². The first-order valence-electron chi connectivity index (χ1n) is 2.43. The molecule has 4 heteroatoms. The van der Waals surface area contributed by atoms with E-state index in [0.717, 1.165) is 12.8 Å². The lowest BCUT2D eigenvalue weighted by molar-refractivity contribution is -0.335. The van der Waals surface area contributed by atoms with Crippen LogP contribution in [0.5, 0.6) is 0 Å². The van der Waals surface area contributed by atoms with Crippen molar-refractivity contribution in [3.8, 4) is 0 Å². The number of hydrogen-bond acceptors (Lipinski definition) is 3. The van der Waals surface area contributed by atoms with Crippen molar-refractivity contribution in [3.63, 3.8) is 0 Å². The Hall–Kier alpha value is 0.560. The quantitative estimate of drug-likeness (QED) is 0.324. The van der Waals surface area contributed by atoms with E-state index in [1.165, 1.54) is 0 Å². The van der Waals surface area contributed by atoms with Crippen LogP contribution in [0.2, 0.25) is 0 Å². The van der Waals surface area contributed by atoms with Crippen LogP contribution in [0.25, 0.3) is 0 Å². The summed E-state index contributed by atoms with van der Waals surface area (Å²) in [6.07, 6.45) is 1.64. The van der Waals surface area contributed by atoms with Crippen LogP contribution >= 0.6 is 24.2 Å². The molecule has 0 aromatic rings. The van der Waals surface area contributed by atoms with Crippen LogP contribution in [0, 0.1) is 0 Å². The van der Waals surface area contributed by atoms with E-state index in [0.29, 0.717) is 6.61 Å². The van der Waals surface area contributed by atoms with Crippen LogP contribution in [0.15, 0.2) is 0 Å². The van der Waals surface area contributed by atoms with Gasteiger partial charge < -0.3 is 0 Å². The molecular formula is C4H7ClO2S. The molecule has 1 aliphatic heterocycles. The van der Waals surface area contributed by atoms with E-state index >= 15 is 0 Å². The first kappa shape index (κ1) is 6.68. The highest BCUT2D eigenvalue weighted by Gasteiger charge is 2.27. The lowest BCUT2D eigenvalue weighted by Gasteiger charge is -2.23.